The molecular weight excluding hydrogens is 637 g/mol. The number of hydrogen-bond acceptors (Lipinski definition) is 5. The van der Waals surface area contributed by atoms with Gasteiger partial charge in [0.05, 0.1) is 22.4 Å². The standard InChI is InChI=1S/C46H30N6/c1-3-14-31(15-4-1)32-26-28-34(29-27-32)44-48-43(33-16-5-2-6-17-33)49-45(50-44)35-18-13-19-36(30-35)51-40-23-10-7-20-37(40)38-21-8-11-24-41(38)52-42-25-12-9-22-39(42)47-46(51)52/h1-30H. The number of benzene rings is 7. The highest BCUT2D eigenvalue weighted by Gasteiger charge is 2.29. The van der Waals surface area contributed by atoms with Crippen molar-refractivity contribution in [2.24, 2.45) is 0 Å². The predicted octanol–water partition coefficient (Wildman–Crippen LogP) is 11.3. The molecule has 0 bridgehead atoms. The van der Waals surface area contributed by atoms with Crippen molar-refractivity contribution in [1.82, 2.24) is 24.5 Å². The van der Waals surface area contributed by atoms with E-state index < -0.39 is 0 Å². The monoisotopic (exact) mass is 666 g/mol. The molecule has 1 aliphatic heterocycles. The van der Waals surface area contributed by atoms with Crippen LogP contribution in [0.25, 0.3) is 73.1 Å². The third-order valence-corrected chi connectivity index (χ3v) is 9.60. The molecule has 244 valence electrons. The van der Waals surface area contributed by atoms with E-state index in [9.17, 15) is 0 Å². The molecule has 0 aliphatic carbocycles. The summed E-state index contributed by atoms with van der Waals surface area (Å²) in [6.45, 7) is 0. The number of para-hydroxylation sites is 4. The second-order valence-electron chi connectivity index (χ2n) is 12.8. The summed E-state index contributed by atoms with van der Waals surface area (Å²) in [6, 6.07) is 62.7. The van der Waals surface area contributed by atoms with Crippen LogP contribution in [0.15, 0.2) is 182 Å². The first kappa shape index (κ1) is 29.7. The summed E-state index contributed by atoms with van der Waals surface area (Å²) in [5.74, 6) is 2.65. The normalized spacial score (nSPS) is 11.8. The SMILES string of the molecule is c1ccc(-c2ccc(-c3nc(-c4ccccc4)nc(-c4cccc(N5c6ccccc6-c6ccccc6-n6c5nc5ccccc56)c4)n3)cc2)cc1. The molecule has 2 aromatic heterocycles. The largest absolute Gasteiger partial charge is 0.280 e. The maximum absolute atomic E-state index is 5.26. The second kappa shape index (κ2) is 12.3. The zero-order valence-corrected chi connectivity index (χ0v) is 28.0. The van der Waals surface area contributed by atoms with Crippen LogP contribution < -0.4 is 4.90 Å². The molecule has 0 N–H and O–H groups in total. The Morgan fingerprint density at radius 2 is 0.846 bits per heavy atom. The van der Waals surface area contributed by atoms with E-state index in [1.165, 1.54) is 5.56 Å². The predicted molar refractivity (Wildman–Crippen MR) is 210 cm³/mol. The van der Waals surface area contributed by atoms with Crippen LogP contribution in [0.3, 0.4) is 0 Å². The van der Waals surface area contributed by atoms with Crippen molar-refractivity contribution in [1.29, 1.82) is 0 Å². The van der Waals surface area contributed by atoms with E-state index in [4.69, 9.17) is 19.9 Å². The second-order valence-corrected chi connectivity index (χ2v) is 12.8. The molecule has 0 saturated heterocycles. The van der Waals surface area contributed by atoms with Crippen LogP contribution >= 0.6 is 0 Å². The van der Waals surface area contributed by atoms with Crippen molar-refractivity contribution in [3.05, 3.63) is 182 Å². The molecule has 7 aromatic carbocycles. The quantitative estimate of drug-likeness (QED) is 0.183. The Balaban J connectivity index is 1.15. The number of aromatic nitrogens is 5. The van der Waals surface area contributed by atoms with Crippen LogP contribution in [-0.2, 0) is 0 Å². The van der Waals surface area contributed by atoms with Crippen LogP contribution in [-0.4, -0.2) is 24.5 Å². The zero-order valence-electron chi connectivity index (χ0n) is 28.0. The average Bonchev–Trinajstić information content (AvgIpc) is 3.55. The van der Waals surface area contributed by atoms with Gasteiger partial charge in [0, 0.05) is 33.5 Å². The minimum Gasteiger partial charge on any atom is -0.280 e. The highest BCUT2D eigenvalue weighted by Crippen LogP contribution is 2.47. The zero-order chi connectivity index (χ0) is 34.4. The van der Waals surface area contributed by atoms with Crippen molar-refractivity contribution in [3.63, 3.8) is 0 Å². The molecular formula is C46H30N6. The lowest BCUT2D eigenvalue weighted by Crippen LogP contribution is -2.14. The smallest absolute Gasteiger partial charge is 0.220 e. The van der Waals surface area contributed by atoms with E-state index in [0.717, 1.165) is 67.4 Å². The molecule has 9 aromatic rings. The Labute approximate surface area is 301 Å². The average molecular weight is 667 g/mol. The molecule has 0 saturated carbocycles. The lowest BCUT2D eigenvalue weighted by molar-refractivity contribution is 1.05. The Hall–Kier alpha value is -7.18. The van der Waals surface area contributed by atoms with Crippen LogP contribution in [0.4, 0.5) is 17.3 Å². The lowest BCUT2D eigenvalue weighted by Gasteiger charge is -2.25. The van der Waals surface area contributed by atoms with Gasteiger partial charge in [-0.1, -0.05) is 146 Å². The molecule has 0 atom stereocenters. The Morgan fingerprint density at radius 3 is 1.58 bits per heavy atom. The minimum atomic E-state index is 0.595. The molecule has 0 amide bonds. The van der Waals surface area contributed by atoms with Gasteiger partial charge >= 0.3 is 0 Å². The third kappa shape index (κ3) is 5.05. The molecule has 0 fully saturated rings. The van der Waals surface area contributed by atoms with E-state index >= 15 is 0 Å². The topological polar surface area (TPSA) is 59.7 Å². The van der Waals surface area contributed by atoms with Gasteiger partial charge in [0.2, 0.25) is 5.95 Å². The summed E-state index contributed by atoms with van der Waals surface area (Å²) in [7, 11) is 0. The molecule has 6 nitrogen and oxygen atoms in total. The number of anilines is 3. The molecule has 0 unspecified atom stereocenters. The van der Waals surface area contributed by atoms with Gasteiger partial charge in [-0.2, -0.15) is 0 Å². The Bertz CT molecular complexity index is 2740. The highest BCUT2D eigenvalue weighted by molar-refractivity contribution is 5.96. The van der Waals surface area contributed by atoms with E-state index in [0.29, 0.717) is 17.5 Å². The number of rotatable bonds is 5. The summed E-state index contributed by atoms with van der Waals surface area (Å²) in [5.41, 5.74) is 12.4. The number of fused-ring (bicyclic) bond motifs is 7. The number of imidazole rings is 1. The molecule has 52 heavy (non-hydrogen) atoms. The van der Waals surface area contributed by atoms with Crippen molar-refractivity contribution < 1.29 is 0 Å². The summed E-state index contributed by atoms with van der Waals surface area (Å²) >= 11 is 0. The van der Waals surface area contributed by atoms with Gasteiger partial charge in [-0.3, -0.25) is 9.47 Å². The highest BCUT2D eigenvalue weighted by atomic mass is 15.3. The maximum atomic E-state index is 5.26. The van der Waals surface area contributed by atoms with E-state index in [1.807, 2.05) is 42.5 Å². The molecule has 0 spiro atoms. The summed E-state index contributed by atoms with van der Waals surface area (Å²) < 4.78 is 2.27. The van der Waals surface area contributed by atoms with Crippen molar-refractivity contribution in [3.8, 4) is 62.1 Å². The molecule has 3 heterocycles. The molecule has 6 heteroatoms. The Morgan fingerprint density at radius 1 is 0.346 bits per heavy atom. The summed E-state index contributed by atoms with van der Waals surface area (Å²) in [6.07, 6.45) is 0. The fourth-order valence-electron chi connectivity index (χ4n) is 7.13. The van der Waals surface area contributed by atoms with Crippen molar-refractivity contribution >= 4 is 28.4 Å². The minimum absolute atomic E-state index is 0.595. The van der Waals surface area contributed by atoms with Crippen molar-refractivity contribution in [2.45, 2.75) is 0 Å². The van der Waals surface area contributed by atoms with Gasteiger partial charge in [0.1, 0.15) is 0 Å². The summed E-state index contributed by atoms with van der Waals surface area (Å²) in [4.78, 5) is 22.7. The van der Waals surface area contributed by atoms with E-state index in [2.05, 4.69) is 149 Å². The summed E-state index contributed by atoms with van der Waals surface area (Å²) in [5, 5.41) is 0. The fourth-order valence-corrected chi connectivity index (χ4v) is 7.13. The number of hydrogen-bond donors (Lipinski definition) is 0. The molecule has 10 rings (SSSR count). The fraction of sp³-hybridized carbons (Fsp3) is 0. The van der Waals surface area contributed by atoms with Gasteiger partial charge in [-0.25, -0.2) is 19.9 Å². The molecule has 1 aliphatic rings. The van der Waals surface area contributed by atoms with Crippen LogP contribution in [0.5, 0.6) is 0 Å². The molecule has 0 radical (unpaired) electrons. The first-order chi connectivity index (χ1) is 25.8. The van der Waals surface area contributed by atoms with Gasteiger partial charge in [0.25, 0.3) is 0 Å². The maximum Gasteiger partial charge on any atom is 0.220 e. The van der Waals surface area contributed by atoms with E-state index in [-0.39, 0.29) is 0 Å². The van der Waals surface area contributed by atoms with Gasteiger partial charge in [-0.15, -0.1) is 0 Å². The Kier molecular flexibility index (Phi) is 7.03. The lowest BCUT2D eigenvalue weighted by atomic mass is 10.0. The van der Waals surface area contributed by atoms with Gasteiger partial charge in [-0.05, 0) is 47.5 Å². The number of nitrogens with zero attached hydrogens (tertiary/aromatic N) is 6. The van der Waals surface area contributed by atoms with Gasteiger partial charge in [0.15, 0.2) is 17.5 Å². The van der Waals surface area contributed by atoms with Crippen molar-refractivity contribution in [2.75, 3.05) is 4.90 Å². The van der Waals surface area contributed by atoms with Crippen LogP contribution in [0, 0.1) is 0 Å². The third-order valence-electron chi connectivity index (χ3n) is 9.60. The van der Waals surface area contributed by atoms with E-state index in [1.54, 1.807) is 0 Å². The van der Waals surface area contributed by atoms with Crippen LogP contribution in [0.2, 0.25) is 0 Å². The first-order valence-electron chi connectivity index (χ1n) is 17.3. The van der Waals surface area contributed by atoms with Crippen LogP contribution in [0.1, 0.15) is 0 Å². The van der Waals surface area contributed by atoms with Gasteiger partial charge < -0.3 is 0 Å². The first-order valence-corrected chi connectivity index (χ1v) is 17.3.